The number of ether oxygens (including phenoxy) is 2. The second-order valence-electron chi connectivity index (χ2n) is 7.82. The summed E-state index contributed by atoms with van der Waals surface area (Å²) >= 11 is 1.43. The molecule has 5 rings (SSSR count). The average molecular weight is 454 g/mol. The summed E-state index contributed by atoms with van der Waals surface area (Å²) in [6.45, 7) is 4.02. The van der Waals surface area contributed by atoms with Crippen LogP contribution >= 0.6 is 11.3 Å². The zero-order valence-corrected chi connectivity index (χ0v) is 18.3. The van der Waals surface area contributed by atoms with Gasteiger partial charge >= 0.3 is 0 Å². The van der Waals surface area contributed by atoms with Gasteiger partial charge in [-0.1, -0.05) is 12.1 Å². The number of hydrogen-bond donors (Lipinski definition) is 1. The summed E-state index contributed by atoms with van der Waals surface area (Å²) in [5.74, 6) is 1.20. The van der Waals surface area contributed by atoms with Crippen LogP contribution in [0.4, 0.5) is 10.1 Å². The van der Waals surface area contributed by atoms with Gasteiger partial charge in [-0.3, -0.25) is 9.69 Å². The van der Waals surface area contributed by atoms with E-state index in [1.54, 1.807) is 0 Å². The van der Waals surface area contributed by atoms with Gasteiger partial charge in [0.05, 0.1) is 10.9 Å². The van der Waals surface area contributed by atoms with Gasteiger partial charge in [0.15, 0.2) is 11.5 Å². The summed E-state index contributed by atoms with van der Waals surface area (Å²) in [6, 6.07) is 16.3. The Labute approximate surface area is 190 Å². The van der Waals surface area contributed by atoms with Crippen molar-refractivity contribution < 1.29 is 18.7 Å². The SMILES string of the molecule is O=C(NC[C@@H](c1ccc2c(c1)OCO2)N1CCN(c2ccc(F)cc2)CC1)c1cccs1. The molecule has 0 spiro atoms. The van der Waals surface area contributed by atoms with E-state index in [9.17, 15) is 9.18 Å². The third-order valence-corrected chi connectivity index (χ3v) is 6.80. The molecule has 1 fully saturated rings. The van der Waals surface area contributed by atoms with E-state index in [0.29, 0.717) is 11.4 Å². The predicted molar refractivity (Wildman–Crippen MR) is 122 cm³/mol. The van der Waals surface area contributed by atoms with Crippen molar-refractivity contribution in [2.24, 2.45) is 0 Å². The Bertz CT molecular complexity index is 1070. The minimum atomic E-state index is -0.225. The van der Waals surface area contributed by atoms with Gasteiger partial charge in [0, 0.05) is 38.4 Å². The van der Waals surface area contributed by atoms with Crippen molar-refractivity contribution in [3.8, 4) is 11.5 Å². The third kappa shape index (κ3) is 4.42. The van der Waals surface area contributed by atoms with E-state index in [4.69, 9.17) is 9.47 Å². The van der Waals surface area contributed by atoms with Crippen LogP contribution < -0.4 is 19.7 Å². The summed E-state index contributed by atoms with van der Waals surface area (Å²) in [4.78, 5) is 17.9. The molecule has 1 amide bonds. The molecular formula is C24H24FN3O3S. The third-order valence-electron chi connectivity index (χ3n) is 5.93. The van der Waals surface area contributed by atoms with Crippen molar-refractivity contribution in [1.82, 2.24) is 10.2 Å². The molecular weight excluding hydrogens is 429 g/mol. The quantitative estimate of drug-likeness (QED) is 0.613. The molecule has 1 N–H and O–H groups in total. The fourth-order valence-electron chi connectivity index (χ4n) is 4.21. The molecule has 166 valence electrons. The number of benzene rings is 2. The second-order valence-corrected chi connectivity index (χ2v) is 8.76. The zero-order chi connectivity index (χ0) is 21.9. The summed E-state index contributed by atoms with van der Waals surface area (Å²) in [6.07, 6.45) is 0. The maximum atomic E-state index is 13.3. The lowest BCUT2D eigenvalue weighted by Gasteiger charge is -2.40. The van der Waals surface area contributed by atoms with E-state index in [1.165, 1.54) is 23.5 Å². The Morgan fingerprint density at radius 3 is 2.56 bits per heavy atom. The van der Waals surface area contributed by atoms with Crippen LogP contribution in [-0.4, -0.2) is 50.3 Å². The molecule has 0 radical (unpaired) electrons. The number of rotatable bonds is 6. The summed E-state index contributed by atoms with van der Waals surface area (Å²) in [5.41, 5.74) is 2.10. The minimum Gasteiger partial charge on any atom is -0.454 e. The van der Waals surface area contributed by atoms with E-state index in [1.807, 2.05) is 47.8 Å². The highest BCUT2D eigenvalue weighted by Gasteiger charge is 2.27. The smallest absolute Gasteiger partial charge is 0.261 e. The number of thiophene rings is 1. The fraction of sp³-hybridized carbons (Fsp3) is 0.292. The van der Waals surface area contributed by atoms with Crippen molar-refractivity contribution in [2.45, 2.75) is 6.04 Å². The number of piperazine rings is 1. The lowest BCUT2D eigenvalue weighted by atomic mass is 10.0. The second kappa shape index (κ2) is 9.18. The molecule has 2 aliphatic heterocycles. The molecule has 0 saturated carbocycles. The van der Waals surface area contributed by atoms with Crippen molar-refractivity contribution in [1.29, 1.82) is 0 Å². The number of anilines is 1. The van der Waals surface area contributed by atoms with Crippen LogP contribution in [0.2, 0.25) is 0 Å². The summed E-state index contributed by atoms with van der Waals surface area (Å²) in [5, 5.41) is 5.00. The first-order valence-electron chi connectivity index (χ1n) is 10.6. The van der Waals surface area contributed by atoms with Crippen molar-refractivity contribution in [2.75, 3.05) is 44.4 Å². The maximum absolute atomic E-state index is 13.3. The van der Waals surface area contributed by atoms with Gasteiger partial charge < -0.3 is 19.7 Å². The predicted octanol–water partition coefficient (Wildman–Crippen LogP) is 3.91. The van der Waals surface area contributed by atoms with Gasteiger partial charge in [-0.2, -0.15) is 0 Å². The molecule has 1 aromatic heterocycles. The lowest BCUT2D eigenvalue weighted by Crippen LogP contribution is -2.49. The average Bonchev–Trinajstić information content (AvgIpc) is 3.52. The molecule has 3 aromatic rings. The monoisotopic (exact) mass is 453 g/mol. The number of halogens is 1. The Morgan fingerprint density at radius 1 is 1.03 bits per heavy atom. The number of nitrogens with one attached hydrogen (secondary N) is 1. The first-order chi connectivity index (χ1) is 15.7. The van der Waals surface area contributed by atoms with Crippen molar-refractivity contribution in [3.63, 3.8) is 0 Å². The summed E-state index contributed by atoms with van der Waals surface area (Å²) in [7, 11) is 0. The van der Waals surface area contributed by atoms with E-state index < -0.39 is 0 Å². The van der Waals surface area contributed by atoms with Crippen LogP contribution in [-0.2, 0) is 0 Å². The Hall–Kier alpha value is -3.10. The van der Waals surface area contributed by atoms with E-state index in [-0.39, 0.29) is 24.6 Å². The molecule has 0 unspecified atom stereocenters. The number of nitrogens with zero attached hydrogens (tertiary/aromatic N) is 2. The van der Waals surface area contributed by atoms with Crippen LogP contribution in [0.1, 0.15) is 21.3 Å². The highest BCUT2D eigenvalue weighted by Crippen LogP contribution is 2.36. The Balaban J connectivity index is 1.31. The van der Waals surface area contributed by atoms with E-state index in [0.717, 1.165) is 48.9 Å². The van der Waals surface area contributed by atoms with Crippen LogP contribution in [0.3, 0.4) is 0 Å². The van der Waals surface area contributed by atoms with Gasteiger partial charge in [-0.15, -0.1) is 11.3 Å². The fourth-order valence-corrected chi connectivity index (χ4v) is 4.85. The highest BCUT2D eigenvalue weighted by atomic mass is 32.1. The molecule has 32 heavy (non-hydrogen) atoms. The first-order valence-corrected chi connectivity index (χ1v) is 11.5. The van der Waals surface area contributed by atoms with Gasteiger partial charge in [0.25, 0.3) is 5.91 Å². The Morgan fingerprint density at radius 2 is 1.81 bits per heavy atom. The van der Waals surface area contributed by atoms with Gasteiger partial charge in [0.1, 0.15) is 5.82 Å². The number of fused-ring (bicyclic) bond motifs is 1. The number of carbonyl (C=O) groups is 1. The molecule has 1 saturated heterocycles. The molecule has 8 heteroatoms. The van der Waals surface area contributed by atoms with E-state index in [2.05, 4.69) is 15.1 Å². The highest BCUT2D eigenvalue weighted by molar-refractivity contribution is 7.12. The Kier molecular flexibility index (Phi) is 5.96. The van der Waals surface area contributed by atoms with Crippen LogP contribution in [0.25, 0.3) is 0 Å². The zero-order valence-electron chi connectivity index (χ0n) is 17.5. The molecule has 0 bridgehead atoms. The molecule has 6 nitrogen and oxygen atoms in total. The molecule has 3 heterocycles. The summed E-state index contributed by atoms with van der Waals surface area (Å²) < 4.78 is 24.3. The molecule has 1 atom stereocenters. The van der Waals surface area contributed by atoms with Gasteiger partial charge in [-0.05, 0) is 53.4 Å². The van der Waals surface area contributed by atoms with Crippen LogP contribution in [0.5, 0.6) is 11.5 Å². The van der Waals surface area contributed by atoms with Crippen LogP contribution in [0.15, 0.2) is 60.0 Å². The minimum absolute atomic E-state index is 0.00350. The number of amides is 1. The van der Waals surface area contributed by atoms with Gasteiger partial charge in [0.2, 0.25) is 6.79 Å². The number of carbonyl (C=O) groups excluding carboxylic acids is 1. The number of hydrogen-bond acceptors (Lipinski definition) is 6. The van der Waals surface area contributed by atoms with Gasteiger partial charge in [-0.25, -0.2) is 4.39 Å². The molecule has 2 aromatic carbocycles. The first kappa shape index (κ1) is 20.8. The van der Waals surface area contributed by atoms with Crippen molar-refractivity contribution >= 4 is 22.9 Å². The lowest BCUT2D eigenvalue weighted by molar-refractivity contribution is 0.0934. The molecule has 0 aliphatic carbocycles. The largest absolute Gasteiger partial charge is 0.454 e. The maximum Gasteiger partial charge on any atom is 0.261 e. The standard InChI is InChI=1S/C24H24FN3O3S/c25-18-4-6-19(7-5-18)27-9-11-28(12-10-27)20(15-26-24(29)23-2-1-13-32-23)17-3-8-21-22(14-17)31-16-30-21/h1-8,13-14,20H,9-12,15-16H2,(H,26,29)/t20-/m0/s1. The topological polar surface area (TPSA) is 54.0 Å². The normalized spacial score (nSPS) is 16.7. The molecule has 2 aliphatic rings. The van der Waals surface area contributed by atoms with Crippen LogP contribution in [0, 0.1) is 5.82 Å². The van der Waals surface area contributed by atoms with E-state index >= 15 is 0 Å². The van der Waals surface area contributed by atoms with Crippen molar-refractivity contribution in [3.05, 3.63) is 76.2 Å².